The van der Waals surface area contributed by atoms with Gasteiger partial charge in [0.1, 0.15) is 11.6 Å². The first kappa shape index (κ1) is 22.1. The maximum atomic E-state index is 13.6. The van der Waals surface area contributed by atoms with Crippen molar-refractivity contribution in [3.63, 3.8) is 0 Å². The normalized spacial score (nSPS) is 10.7. The fraction of sp³-hybridized carbons (Fsp3) is 0.222. The highest BCUT2D eigenvalue weighted by molar-refractivity contribution is 5.69. The quantitative estimate of drug-likeness (QED) is 0.416. The summed E-state index contributed by atoms with van der Waals surface area (Å²) in [5.74, 6) is 1.19. The maximum absolute atomic E-state index is 13.6. The number of benzene rings is 1. The minimum Gasteiger partial charge on any atom is -0.268 e. The SMILES string of the molecule is CCCCc1nc(C)n(-c2ccccn2)c(=O)c1Cc1ccc(-c2ccccc2C#N)cn1. The minimum absolute atomic E-state index is 0.104. The molecule has 6 heteroatoms. The molecule has 0 fully saturated rings. The molecule has 4 aromatic rings. The third-order valence-electron chi connectivity index (χ3n) is 5.62. The molecule has 0 aliphatic heterocycles. The van der Waals surface area contributed by atoms with Crippen molar-refractivity contribution in [3.8, 4) is 23.0 Å². The molecule has 4 rings (SSSR count). The standard InChI is InChI=1S/C27H25N5O/c1-3-4-11-25-24(27(33)32(19(2)31-25)26-12-7-8-15-29-26)16-22-14-13-21(18-30-22)23-10-6-5-9-20(23)17-28/h5-10,12-15,18H,3-4,11,16H2,1-2H3. The summed E-state index contributed by atoms with van der Waals surface area (Å²) in [6.07, 6.45) is 6.55. The van der Waals surface area contributed by atoms with Crippen LogP contribution in [0.5, 0.6) is 0 Å². The lowest BCUT2D eigenvalue weighted by molar-refractivity contribution is 0.727. The van der Waals surface area contributed by atoms with Crippen molar-refractivity contribution < 1.29 is 0 Å². The molecule has 0 aliphatic carbocycles. The summed E-state index contributed by atoms with van der Waals surface area (Å²) >= 11 is 0. The Hall–Kier alpha value is -4.11. The summed E-state index contributed by atoms with van der Waals surface area (Å²) in [5.41, 5.74) is 4.47. The van der Waals surface area contributed by atoms with E-state index in [0.29, 0.717) is 29.2 Å². The van der Waals surface area contributed by atoms with E-state index in [0.717, 1.165) is 41.8 Å². The Balaban J connectivity index is 1.73. The van der Waals surface area contributed by atoms with Crippen LogP contribution in [0.25, 0.3) is 16.9 Å². The van der Waals surface area contributed by atoms with Gasteiger partial charge in [-0.3, -0.25) is 9.78 Å². The number of unbranched alkanes of at least 4 members (excludes halogenated alkanes) is 1. The number of aryl methyl sites for hydroxylation is 2. The average molecular weight is 436 g/mol. The van der Waals surface area contributed by atoms with E-state index in [1.807, 2.05) is 55.5 Å². The van der Waals surface area contributed by atoms with Gasteiger partial charge in [-0.1, -0.05) is 43.7 Å². The lowest BCUT2D eigenvalue weighted by atomic mass is 10.0. The van der Waals surface area contributed by atoms with Crippen molar-refractivity contribution in [2.45, 2.75) is 39.5 Å². The fourth-order valence-electron chi connectivity index (χ4n) is 3.90. The van der Waals surface area contributed by atoms with Crippen LogP contribution in [0.15, 0.2) is 71.8 Å². The second kappa shape index (κ2) is 10.0. The van der Waals surface area contributed by atoms with Crippen LogP contribution in [0.1, 0.15) is 48.1 Å². The van der Waals surface area contributed by atoms with E-state index in [-0.39, 0.29) is 5.56 Å². The second-order valence-corrected chi connectivity index (χ2v) is 7.89. The molecular formula is C27H25N5O. The van der Waals surface area contributed by atoms with Crippen molar-refractivity contribution in [2.75, 3.05) is 0 Å². The maximum Gasteiger partial charge on any atom is 0.263 e. The van der Waals surface area contributed by atoms with Crippen LogP contribution in [-0.2, 0) is 12.8 Å². The summed E-state index contributed by atoms with van der Waals surface area (Å²) in [5, 5.41) is 9.38. The van der Waals surface area contributed by atoms with Crippen LogP contribution in [0.3, 0.4) is 0 Å². The predicted octanol–water partition coefficient (Wildman–Crippen LogP) is 4.80. The van der Waals surface area contributed by atoms with E-state index in [4.69, 9.17) is 4.98 Å². The fourth-order valence-corrected chi connectivity index (χ4v) is 3.90. The Labute approximate surface area is 193 Å². The predicted molar refractivity (Wildman–Crippen MR) is 128 cm³/mol. The van der Waals surface area contributed by atoms with Gasteiger partial charge in [-0.2, -0.15) is 5.26 Å². The lowest BCUT2D eigenvalue weighted by Crippen LogP contribution is -2.29. The number of aromatic nitrogens is 4. The van der Waals surface area contributed by atoms with Gasteiger partial charge in [0, 0.05) is 41.2 Å². The van der Waals surface area contributed by atoms with E-state index in [2.05, 4.69) is 23.0 Å². The van der Waals surface area contributed by atoms with Crippen LogP contribution in [-0.4, -0.2) is 19.5 Å². The zero-order valence-corrected chi connectivity index (χ0v) is 18.8. The first-order chi connectivity index (χ1) is 16.1. The molecule has 0 spiro atoms. The van der Waals surface area contributed by atoms with Crippen molar-refractivity contribution >= 4 is 0 Å². The summed E-state index contributed by atoms with van der Waals surface area (Å²) in [7, 11) is 0. The molecule has 33 heavy (non-hydrogen) atoms. The zero-order chi connectivity index (χ0) is 23.2. The van der Waals surface area contributed by atoms with Gasteiger partial charge in [0.25, 0.3) is 5.56 Å². The van der Waals surface area contributed by atoms with Gasteiger partial charge in [-0.15, -0.1) is 0 Å². The van der Waals surface area contributed by atoms with Crippen molar-refractivity contribution in [1.29, 1.82) is 5.26 Å². The molecule has 0 N–H and O–H groups in total. The Kier molecular flexibility index (Phi) is 6.70. The Morgan fingerprint density at radius 1 is 1.03 bits per heavy atom. The molecule has 164 valence electrons. The highest BCUT2D eigenvalue weighted by atomic mass is 16.1. The molecule has 0 saturated carbocycles. The molecule has 0 atom stereocenters. The smallest absolute Gasteiger partial charge is 0.263 e. The number of hydrogen-bond acceptors (Lipinski definition) is 5. The van der Waals surface area contributed by atoms with E-state index < -0.39 is 0 Å². The molecular weight excluding hydrogens is 410 g/mol. The largest absolute Gasteiger partial charge is 0.268 e. The third-order valence-corrected chi connectivity index (χ3v) is 5.62. The molecule has 0 bridgehead atoms. The Morgan fingerprint density at radius 2 is 1.85 bits per heavy atom. The summed E-state index contributed by atoms with van der Waals surface area (Å²) < 4.78 is 1.57. The van der Waals surface area contributed by atoms with E-state index in [1.165, 1.54) is 0 Å². The van der Waals surface area contributed by atoms with Crippen LogP contribution in [0, 0.1) is 18.3 Å². The van der Waals surface area contributed by atoms with Crippen molar-refractivity contribution in [3.05, 3.63) is 106 Å². The minimum atomic E-state index is -0.104. The van der Waals surface area contributed by atoms with E-state index in [1.54, 1.807) is 23.0 Å². The van der Waals surface area contributed by atoms with Gasteiger partial charge in [-0.05, 0) is 44.0 Å². The number of hydrogen-bond donors (Lipinski definition) is 0. The topological polar surface area (TPSA) is 84.5 Å². The first-order valence-corrected chi connectivity index (χ1v) is 11.1. The van der Waals surface area contributed by atoms with E-state index >= 15 is 0 Å². The van der Waals surface area contributed by atoms with Gasteiger partial charge in [0.15, 0.2) is 0 Å². The summed E-state index contributed by atoms with van der Waals surface area (Å²) in [6, 6.07) is 19.0. The van der Waals surface area contributed by atoms with Gasteiger partial charge in [-0.25, -0.2) is 14.5 Å². The first-order valence-electron chi connectivity index (χ1n) is 11.1. The van der Waals surface area contributed by atoms with Crippen LogP contribution >= 0.6 is 0 Å². The second-order valence-electron chi connectivity index (χ2n) is 7.89. The molecule has 0 radical (unpaired) electrons. The van der Waals surface area contributed by atoms with Crippen molar-refractivity contribution in [2.24, 2.45) is 0 Å². The van der Waals surface area contributed by atoms with Crippen LogP contribution in [0.2, 0.25) is 0 Å². The molecule has 0 amide bonds. The molecule has 6 nitrogen and oxygen atoms in total. The average Bonchev–Trinajstić information content (AvgIpc) is 2.85. The number of pyridine rings is 2. The monoisotopic (exact) mass is 435 g/mol. The van der Waals surface area contributed by atoms with Crippen LogP contribution < -0.4 is 5.56 Å². The lowest BCUT2D eigenvalue weighted by Gasteiger charge is -2.15. The molecule has 3 heterocycles. The van der Waals surface area contributed by atoms with E-state index in [9.17, 15) is 10.1 Å². The van der Waals surface area contributed by atoms with Gasteiger partial charge >= 0.3 is 0 Å². The van der Waals surface area contributed by atoms with Gasteiger partial charge < -0.3 is 0 Å². The molecule has 0 unspecified atom stereocenters. The van der Waals surface area contributed by atoms with Crippen molar-refractivity contribution in [1.82, 2.24) is 19.5 Å². The van der Waals surface area contributed by atoms with Gasteiger partial charge in [0.2, 0.25) is 0 Å². The summed E-state index contributed by atoms with van der Waals surface area (Å²) in [4.78, 5) is 27.3. The zero-order valence-electron chi connectivity index (χ0n) is 18.8. The summed E-state index contributed by atoms with van der Waals surface area (Å²) in [6.45, 7) is 3.97. The molecule has 0 saturated heterocycles. The molecule has 3 aromatic heterocycles. The third kappa shape index (κ3) is 4.73. The Bertz CT molecular complexity index is 1350. The number of nitrogens with zero attached hydrogens (tertiary/aromatic N) is 5. The van der Waals surface area contributed by atoms with Crippen LogP contribution in [0.4, 0.5) is 0 Å². The molecule has 1 aromatic carbocycles. The van der Waals surface area contributed by atoms with Gasteiger partial charge in [0.05, 0.1) is 17.3 Å². The molecule has 0 aliphatic rings. The Morgan fingerprint density at radius 3 is 2.55 bits per heavy atom. The highest BCUT2D eigenvalue weighted by Crippen LogP contribution is 2.23. The number of nitriles is 1. The highest BCUT2D eigenvalue weighted by Gasteiger charge is 2.17. The number of rotatable bonds is 7.